The molecule has 2 aromatic rings. The van der Waals surface area contributed by atoms with Crippen molar-refractivity contribution >= 4 is 26.8 Å². The van der Waals surface area contributed by atoms with Crippen molar-refractivity contribution in [3.8, 4) is 0 Å². The van der Waals surface area contributed by atoms with Crippen molar-refractivity contribution in [1.29, 1.82) is 0 Å². The molecule has 0 radical (unpaired) electrons. The van der Waals surface area contributed by atoms with Gasteiger partial charge in [0.05, 0.1) is 11.2 Å². The first kappa shape index (κ1) is 13.6. The number of alkyl halides is 1. The van der Waals surface area contributed by atoms with Gasteiger partial charge in [-0.1, -0.05) is 41.1 Å². The maximum absolute atomic E-state index is 4.62. The topological polar surface area (TPSA) is 21.1 Å². The average molecular weight is 310 g/mol. The van der Waals surface area contributed by atoms with Gasteiger partial charge < -0.3 is 4.90 Å². The highest BCUT2D eigenvalue weighted by Gasteiger charge is 2.10. The number of hydrogen-bond acceptors (Lipinski definition) is 2. The fourth-order valence-electron chi connectivity index (χ4n) is 2.14. The molecule has 0 spiro atoms. The van der Waals surface area contributed by atoms with Crippen LogP contribution in [0.4, 0.5) is 0 Å². The minimum Gasteiger partial charge on any atom is -0.300 e. The fraction of sp³-hybridized carbons (Fsp3) is 0.500. The van der Waals surface area contributed by atoms with Crippen molar-refractivity contribution in [3.05, 3.63) is 30.0 Å². The third-order valence-electron chi connectivity index (χ3n) is 3.16. The summed E-state index contributed by atoms with van der Waals surface area (Å²) >= 11 is 3.59. The smallest absolute Gasteiger partial charge is 0.0843 e. The lowest BCUT2D eigenvalue weighted by molar-refractivity contribution is 0.319. The molecule has 1 aromatic heterocycles. The van der Waals surface area contributed by atoms with Crippen LogP contribution in [0.2, 0.25) is 0 Å². The maximum Gasteiger partial charge on any atom is 0.0843 e. The van der Waals surface area contributed by atoms with Crippen LogP contribution < -0.4 is 0 Å². The van der Waals surface area contributed by atoms with Gasteiger partial charge in [-0.05, 0) is 26.1 Å². The van der Waals surface area contributed by atoms with Crippen LogP contribution in [0.15, 0.2) is 24.3 Å². The minimum atomic E-state index is 0.570. The second kappa shape index (κ2) is 5.85. The normalized spacial score (nSPS) is 13.4. The number of rotatable bonds is 5. The van der Waals surface area contributed by atoms with Crippen molar-refractivity contribution in [2.45, 2.75) is 24.7 Å². The molecule has 98 valence electrons. The SMILES string of the molecule is CC(Br)CCN(C)Cc1nn(C)c2ccccc12. The average Bonchev–Trinajstić information content (AvgIpc) is 2.65. The number of fused-ring (bicyclic) bond motifs is 1. The predicted molar refractivity (Wildman–Crippen MR) is 80.1 cm³/mol. The molecule has 0 amide bonds. The molecular formula is C14H20BrN3. The second-order valence-corrected chi connectivity index (χ2v) is 6.46. The van der Waals surface area contributed by atoms with Crippen LogP contribution in [0.3, 0.4) is 0 Å². The Morgan fingerprint density at radius 2 is 2.11 bits per heavy atom. The Bertz CT molecular complexity index is 519. The molecule has 0 saturated carbocycles. The van der Waals surface area contributed by atoms with Crippen LogP contribution in [0.1, 0.15) is 19.0 Å². The monoisotopic (exact) mass is 309 g/mol. The first-order chi connectivity index (χ1) is 8.58. The molecule has 1 atom stereocenters. The molecule has 0 bridgehead atoms. The summed E-state index contributed by atoms with van der Waals surface area (Å²) in [6.07, 6.45) is 1.15. The zero-order chi connectivity index (χ0) is 13.1. The summed E-state index contributed by atoms with van der Waals surface area (Å²) in [5.41, 5.74) is 2.37. The summed E-state index contributed by atoms with van der Waals surface area (Å²) in [4.78, 5) is 2.90. The van der Waals surface area contributed by atoms with Crippen LogP contribution in [0.5, 0.6) is 0 Å². The van der Waals surface area contributed by atoms with E-state index in [0.29, 0.717) is 4.83 Å². The molecule has 0 aliphatic carbocycles. The van der Waals surface area contributed by atoms with E-state index in [4.69, 9.17) is 0 Å². The van der Waals surface area contributed by atoms with Gasteiger partial charge in [0.2, 0.25) is 0 Å². The van der Waals surface area contributed by atoms with E-state index in [2.05, 4.69) is 64.2 Å². The van der Waals surface area contributed by atoms with Crippen LogP contribution >= 0.6 is 15.9 Å². The molecule has 1 unspecified atom stereocenters. The van der Waals surface area contributed by atoms with Gasteiger partial charge in [0, 0.05) is 23.8 Å². The zero-order valence-electron chi connectivity index (χ0n) is 11.2. The molecule has 1 heterocycles. The Balaban J connectivity index is 2.12. The van der Waals surface area contributed by atoms with Gasteiger partial charge >= 0.3 is 0 Å². The molecule has 4 heteroatoms. The lowest BCUT2D eigenvalue weighted by Gasteiger charge is -2.16. The third kappa shape index (κ3) is 3.12. The maximum atomic E-state index is 4.62. The Labute approximate surface area is 117 Å². The molecule has 0 fully saturated rings. The van der Waals surface area contributed by atoms with E-state index in [1.54, 1.807) is 0 Å². The molecule has 0 saturated heterocycles. The number of para-hydroxylation sites is 1. The summed E-state index contributed by atoms with van der Waals surface area (Å²) in [5, 5.41) is 5.88. The summed E-state index contributed by atoms with van der Waals surface area (Å²) < 4.78 is 1.96. The van der Waals surface area contributed by atoms with Crippen LogP contribution in [-0.2, 0) is 13.6 Å². The molecule has 0 aliphatic rings. The van der Waals surface area contributed by atoms with Crippen LogP contribution in [-0.4, -0.2) is 33.1 Å². The van der Waals surface area contributed by atoms with Crippen LogP contribution in [0.25, 0.3) is 10.9 Å². The van der Waals surface area contributed by atoms with Gasteiger partial charge in [0.15, 0.2) is 0 Å². The number of benzene rings is 1. The Kier molecular flexibility index (Phi) is 4.40. The number of aryl methyl sites for hydroxylation is 1. The highest BCUT2D eigenvalue weighted by atomic mass is 79.9. The highest BCUT2D eigenvalue weighted by molar-refractivity contribution is 9.09. The molecule has 18 heavy (non-hydrogen) atoms. The lowest BCUT2D eigenvalue weighted by Crippen LogP contribution is -2.21. The van der Waals surface area contributed by atoms with Gasteiger partial charge in [-0.15, -0.1) is 0 Å². The first-order valence-corrected chi connectivity index (χ1v) is 7.22. The largest absolute Gasteiger partial charge is 0.300 e. The predicted octanol–water partition coefficient (Wildman–Crippen LogP) is 3.18. The Hall–Kier alpha value is -0.870. The molecule has 2 rings (SSSR count). The van der Waals surface area contributed by atoms with E-state index in [0.717, 1.165) is 25.2 Å². The van der Waals surface area contributed by atoms with Gasteiger partial charge in [-0.2, -0.15) is 5.10 Å². The zero-order valence-corrected chi connectivity index (χ0v) is 12.8. The van der Waals surface area contributed by atoms with Crippen molar-refractivity contribution < 1.29 is 0 Å². The molecule has 0 aliphatic heterocycles. The van der Waals surface area contributed by atoms with Crippen LogP contribution in [0, 0.1) is 0 Å². The van der Waals surface area contributed by atoms with Crippen molar-refractivity contribution in [2.24, 2.45) is 7.05 Å². The third-order valence-corrected chi connectivity index (χ3v) is 3.62. The fourth-order valence-corrected chi connectivity index (χ4v) is 2.34. The van der Waals surface area contributed by atoms with Gasteiger partial charge in [0.1, 0.15) is 0 Å². The van der Waals surface area contributed by atoms with Gasteiger partial charge in [-0.3, -0.25) is 4.68 Å². The number of halogens is 1. The van der Waals surface area contributed by atoms with Crippen molar-refractivity contribution in [2.75, 3.05) is 13.6 Å². The summed E-state index contributed by atoms with van der Waals surface area (Å²) in [6, 6.07) is 8.41. The molecule has 3 nitrogen and oxygen atoms in total. The van der Waals surface area contributed by atoms with E-state index in [1.807, 2.05) is 11.7 Å². The minimum absolute atomic E-state index is 0.570. The number of hydrogen-bond donors (Lipinski definition) is 0. The molecule has 0 N–H and O–H groups in total. The van der Waals surface area contributed by atoms with E-state index in [9.17, 15) is 0 Å². The standard InChI is InChI=1S/C14H20BrN3/c1-11(15)8-9-17(2)10-13-12-6-4-5-7-14(12)18(3)16-13/h4-7,11H,8-10H2,1-3H3. The Morgan fingerprint density at radius 3 is 2.83 bits per heavy atom. The van der Waals surface area contributed by atoms with Crippen molar-refractivity contribution in [1.82, 2.24) is 14.7 Å². The quantitative estimate of drug-likeness (QED) is 0.791. The number of nitrogens with zero attached hydrogens (tertiary/aromatic N) is 3. The van der Waals surface area contributed by atoms with Crippen molar-refractivity contribution in [3.63, 3.8) is 0 Å². The summed E-state index contributed by atoms with van der Waals surface area (Å²) in [7, 11) is 4.16. The molecular weight excluding hydrogens is 290 g/mol. The second-order valence-electron chi connectivity index (χ2n) is 4.89. The Morgan fingerprint density at radius 1 is 1.39 bits per heavy atom. The first-order valence-electron chi connectivity index (χ1n) is 6.31. The van der Waals surface area contributed by atoms with E-state index >= 15 is 0 Å². The van der Waals surface area contributed by atoms with Gasteiger partial charge in [0.25, 0.3) is 0 Å². The summed E-state index contributed by atoms with van der Waals surface area (Å²) in [5.74, 6) is 0. The molecule has 1 aromatic carbocycles. The number of aromatic nitrogens is 2. The lowest BCUT2D eigenvalue weighted by atomic mass is 10.2. The van der Waals surface area contributed by atoms with Gasteiger partial charge in [-0.25, -0.2) is 0 Å². The van der Waals surface area contributed by atoms with E-state index in [1.165, 1.54) is 10.9 Å². The van der Waals surface area contributed by atoms with E-state index in [-0.39, 0.29) is 0 Å². The highest BCUT2D eigenvalue weighted by Crippen LogP contribution is 2.18. The summed E-state index contributed by atoms with van der Waals surface area (Å²) in [6.45, 7) is 4.17. The van der Waals surface area contributed by atoms with E-state index < -0.39 is 0 Å².